The van der Waals surface area contributed by atoms with E-state index in [1.165, 1.54) is 5.56 Å². The van der Waals surface area contributed by atoms with Crippen LogP contribution in [0.2, 0.25) is 0 Å². The lowest BCUT2D eigenvalue weighted by Crippen LogP contribution is -2.50. The number of piperidine rings is 1. The Morgan fingerprint density at radius 1 is 1.13 bits per heavy atom. The predicted molar refractivity (Wildman–Crippen MR) is 118 cm³/mol. The number of fused-ring (bicyclic) bond motifs is 1. The standard InChI is InChI=1S/C25H33N3O2/c1-3-28(4-2)24(29)17-20-18-25(30-23-11-6-5-10-22(20)23)12-15-27(16-13-25)19-21-9-7-8-14-26-21/h5-11,14,20H,3-4,12-13,15-19H2,1-2H3. The lowest BCUT2D eigenvalue weighted by Gasteiger charge is -2.47. The second-order valence-corrected chi connectivity index (χ2v) is 8.59. The summed E-state index contributed by atoms with van der Waals surface area (Å²) in [4.78, 5) is 21.8. The summed E-state index contributed by atoms with van der Waals surface area (Å²) >= 11 is 0. The Morgan fingerprint density at radius 2 is 1.87 bits per heavy atom. The molecule has 1 unspecified atom stereocenters. The maximum absolute atomic E-state index is 12.9. The number of amides is 1. The monoisotopic (exact) mass is 407 g/mol. The molecule has 1 aromatic carbocycles. The van der Waals surface area contributed by atoms with Gasteiger partial charge in [-0.3, -0.25) is 14.7 Å². The minimum atomic E-state index is -0.164. The van der Waals surface area contributed by atoms with Gasteiger partial charge in [0.05, 0.1) is 5.69 Å². The van der Waals surface area contributed by atoms with Crippen molar-refractivity contribution in [1.29, 1.82) is 0 Å². The third kappa shape index (κ3) is 4.51. The highest BCUT2D eigenvalue weighted by Gasteiger charge is 2.43. The van der Waals surface area contributed by atoms with Gasteiger partial charge < -0.3 is 9.64 Å². The summed E-state index contributed by atoms with van der Waals surface area (Å²) in [6.07, 6.45) is 5.34. The van der Waals surface area contributed by atoms with Gasteiger partial charge in [0.25, 0.3) is 0 Å². The topological polar surface area (TPSA) is 45.7 Å². The molecule has 160 valence electrons. The number of likely N-dealkylation sites (tertiary alicyclic amines) is 1. The zero-order valence-electron chi connectivity index (χ0n) is 18.2. The molecule has 1 amide bonds. The molecule has 0 bridgehead atoms. The lowest BCUT2D eigenvalue weighted by atomic mass is 9.76. The Bertz CT molecular complexity index is 842. The number of aromatic nitrogens is 1. The summed E-state index contributed by atoms with van der Waals surface area (Å²) in [5, 5.41) is 0. The fourth-order valence-corrected chi connectivity index (χ4v) is 4.99. The highest BCUT2D eigenvalue weighted by Crippen LogP contribution is 2.46. The second-order valence-electron chi connectivity index (χ2n) is 8.59. The molecule has 2 aliphatic rings. The third-order valence-corrected chi connectivity index (χ3v) is 6.72. The molecule has 1 saturated heterocycles. The van der Waals surface area contributed by atoms with Gasteiger partial charge in [0.1, 0.15) is 11.4 Å². The van der Waals surface area contributed by atoms with Crippen LogP contribution in [0, 0.1) is 0 Å². The minimum absolute atomic E-state index is 0.164. The Morgan fingerprint density at radius 3 is 2.57 bits per heavy atom. The third-order valence-electron chi connectivity index (χ3n) is 6.72. The van der Waals surface area contributed by atoms with Crippen LogP contribution in [0.5, 0.6) is 5.75 Å². The Kier molecular flexibility index (Phi) is 6.38. The van der Waals surface area contributed by atoms with Crippen molar-refractivity contribution in [2.75, 3.05) is 26.2 Å². The molecule has 30 heavy (non-hydrogen) atoms. The number of rotatable bonds is 6. The summed E-state index contributed by atoms with van der Waals surface area (Å²) in [6.45, 7) is 8.53. The Labute approximate surface area is 180 Å². The molecule has 2 aromatic rings. The van der Waals surface area contributed by atoms with Crippen LogP contribution in [0.1, 0.15) is 56.7 Å². The van der Waals surface area contributed by atoms with Gasteiger partial charge in [-0.2, -0.15) is 0 Å². The van der Waals surface area contributed by atoms with Crippen LogP contribution in [0.3, 0.4) is 0 Å². The molecular weight excluding hydrogens is 374 g/mol. The number of benzene rings is 1. The summed E-state index contributed by atoms with van der Waals surface area (Å²) in [5.74, 6) is 1.45. The van der Waals surface area contributed by atoms with Gasteiger partial charge in [-0.25, -0.2) is 0 Å². The molecule has 0 radical (unpaired) electrons. The second kappa shape index (κ2) is 9.17. The first kappa shape index (κ1) is 20.9. The molecule has 0 aliphatic carbocycles. The first-order chi connectivity index (χ1) is 14.6. The van der Waals surface area contributed by atoms with Crippen molar-refractivity contribution >= 4 is 5.91 Å². The maximum atomic E-state index is 12.9. The number of para-hydroxylation sites is 1. The van der Waals surface area contributed by atoms with Gasteiger partial charge in [0, 0.05) is 51.3 Å². The van der Waals surface area contributed by atoms with E-state index in [0.29, 0.717) is 6.42 Å². The SMILES string of the molecule is CCN(CC)C(=O)CC1CC2(CCN(Cc3ccccn3)CC2)Oc2ccccc21. The highest BCUT2D eigenvalue weighted by atomic mass is 16.5. The van der Waals surface area contributed by atoms with Gasteiger partial charge in [-0.15, -0.1) is 0 Å². The zero-order chi connectivity index (χ0) is 21.0. The van der Waals surface area contributed by atoms with Crippen molar-refractivity contribution in [3.8, 4) is 5.75 Å². The van der Waals surface area contributed by atoms with Crippen molar-refractivity contribution in [3.05, 3.63) is 59.9 Å². The Balaban J connectivity index is 1.47. The molecule has 0 saturated carbocycles. The molecule has 5 nitrogen and oxygen atoms in total. The van der Waals surface area contributed by atoms with E-state index in [4.69, 9.17) is 4.74 Å². The fraction of sp³-hybridized carbons (Fsp3) is 0.520. The first-order valence-corrected chi connectivity index (χ1v) is 11.3. The molecule has 4 rings (SSSR count). The molecule has 1 spiro atoms. The first-order valence-electron chi connectivity index (χ1n) is 11.3. The molecule has 0 N–H and O–H groups in total. The van der Waals surface area contributed by atoms with E-state index in [1.807, 2.05) is 29.3 Å². The van der Waals surface area contributed by atoms with Crippen LogP contribution < -0.4 is 4.74 Å². The van der Waals surface area contributed by atoms with Crippen LogP contribution in [-0.4, -0.2) is 52.5 Å². The van der Waals surface area contributed by atoms with Crippen LogP contribution in [0.4, 0.5) is 0 Å². The number of hydrogen-bond donors (Lipinski definition) is 0. The molecule has 1 aromatic heterocycles. The van der Waals surface area contributed by atoms with Crippen molar-refractivity contribution < 1.29 is 9.53 Å². The van der Waals surface area contributed by atoms with Gasteiger partial charge in [0.2, 0.25) is 5.91 Å². The number of pyridine rings is 1. The van der Waals surface area contributed by atoms with E-state index >= 15 is 0 Å². The van der Waals surface area contributed by atoms with Crippen molar-refractivity contribution in [1.82, 2.24) is 14.8 Å². The number of ether oxygens (including phenoxy) is 1. The van der Waals surface area contributed by atoms with Crippen molar-refractivity contribution in [3.63, 3.8) is 0 Å². The van der Waals surface area contributed by atoms with Gasteiger partial charge in [-0.05, 0) is 56.9 Å². The van der Waals surface area contributed by atoms with Crippen LogP contribution >= 0.6 is 0 Å². The van der Waals surface area contributed by atoms with Crippen molar-refractivity contribution in [2.45, 2.75) is 57.6 Å². The maximum Gasteiger partial charge on any atom is 0.223 e. The van der Waals surface area contributed by atoms with Gasteiger partial charge in [-0.1, -0.05) is 24.3 Å². The molecule has 1 fully saturated rings. The molecule has 5 heteroatoms. The zero-order valence-corrected chi connectivity index (χ0v) is 18.2. The minimum Gasteiger partial charge on any atom is -0.487 e. The van der Waals surface area contributed by atoms with Crippen LogP contribution in [0.15, 0.2) is 48.7 Å². The normalized spacial score (nSPS) is 20.4. The molecule has 3 heterocycles. The fourth-order valence-electron chi connectivity index (χ4n) is 4.99. The highest BCUT2D eigenvalue weighted by molar-refractivity contribution is 5.77. The van der Waals surface area contributed by atoms with E-state index in [2.05, 4.69) is 48.0 Å². The molecule has 1 atom stereocenters. The van der Waals surface area contributed by atoms with E-state index in [9.17, 15) is 4.79 Å². The van der Waals surface area contributed by atoms with E-state index in [-0.39, 0.29) is 17.4 Å². The van der Waals surface area contributed by atoms with Crippen molar-refractivity contribution in [2.24, 2.45) is 0 Å². The number of nitrogens with zero attached hydrogens (tertiary/aromatic N) is 3. The van der Waals surface area contributed by atoms with E-state index in [0.717, 1.165) is 63.4 Å². The van der Waals surface area contributed by atoms with Gasteiger partial charge in [0.15, 0.2) is 0 Å². The molecular formula is C25H33N3O2. The number of hydrogen-bond acceptors (Lipinski definition) is 4. The number of carbonyl (C=O) groups is 1. The number of carbonyl (C=O) groups excluding carboxylic acids is 1. The quantitative estimate of drug-likeness (QED) is 0.718. The van der Waals surface area contributed by atoms with Gasteiger partial charge >= 0.3 is 0 Å². The summed E-state index contributed by atoms with van der Waals surface area (Å²) in [7, 11) is 0. The average Bonchev–Trinajstić information content (AvgIpc) is 2.77. The van der Waals surface area contributed by atoms with Crippen LogP contribution in [0.25, 0.3) is 0 Å². The van der Waals surface area contributed by atoms with Crippen LogP contribution in [-0.2, 0) is 11.3 Å². The summed E-state index contributed by atoms with van der Waals surface area (Å²) in [5.41, 5.74) is 2.15. The van der Waals surface area contributed by atoms with E-state index in [1.54, 1.807) is 0 Å². The summed E-state index contributed by atoms with van der Waals surface area (Å²) < 4.78 is 6.62. The predicted octanol–water partition coefficient (Wildman–Crippen LogP) is 4.24. The average molecular weight is 408 g/mol. The Hall–Kier alpha value is -2.40. The summed E-state index contributed by atoms with van der Waals surface area (Å²) in [6, 6.07) is 14.4. The smallest absolute Gasteiger partial charge is 0.223 e. The van der Waals surface area contributed by atoms with E-state index < -0.39 is 0 Å². The molecule has 2 aliphatic heterocycles. The lowest BCUT2D eigenvalue weighted by molar-refractivity contribution is -0.131. The largest absolute Gasteiger partial charge is 0.487 e.